The largest absolute Gasteiger partial charge is 0.440 e. The third kappa shape index (κ3) is 6.14. The van der Waals surface area contributed by atoms with Crippen molar-refractivity contribution in [3.05, 3.63) is 87.7 Å². The molecule has 2 heterocycles. The molecule has 0 spiro atoms. The maximum atomic E-state index is 15.0. The summed E-state index contributed by atoms with van der Waals surface area (Å²) < 4.78 is 77.4. The lowest BCUT2D eigenvalue weighted by molar-refractivity contribution is -0.0498. The number of hydrogen-bond acceptors (Lipinski definition) is 7. The Labute approximate surface area is 254 Å². The van der Waals surface area contributed by atoms with Gasteiger partial charge in [0, 0.05) is 36.1 Å². The summed E-state index contributed by atoms with van der Waals surface area (Å²) in [4.78, 5) is 4.14. The number of oxazole rings is 1. The van der Waals surface area contributed by atoms with Crippen molar-refractivity contribution < 1.29 is 35.8 Å². The first kappa shape index (κ1) is 30.6. The van der Waals surface area contributed by atoms with Gasteiger partial charge in [-0.15, -0.1) is 0 Å². The highest BCUT2D eigenvalue weighted by Gasteiger charge is 2.24. The van der Waals surface area contributed by atoms with Crippen LogP contribution in [0.1, 0.15) is 17.1 Å². The van der Waals surface area contributed by atoms with Crippen molar-refractivity contribution in [1.82, 2.24) is 14.8 Å². The van der Waals surface area contributed by atoms with Crippen molar-refractivity contribution >= 4 is 33.0 Å². The SMILES string of the molecule is Cc1nc(-c2ccc(OC(F)F)cc2Cl)c(-c2cc(-c3cc(F)c(CO)c(S(C)(=O)=O)c3)ccc2-n2cc(Cl)c(C)n2)o1. The van der Waals surface area contributed by atoms with E-state index in [1.54, 1.807) is 38.2 Å². The fraction of sp³-hybridized carbons (Fsp3) is 0.172. The number of aryl methyl sites for hydroxylation is 2. The van der Waals surface area contributed by atoms with Gasteiger partial charge in [0.15, 0.2) is 21.5 Å². The Balaban J connectivity index is 1.76. The summed E-state index contributed by atoms with van der Waals surface area (Å²) in [6, 6.07) is 11.3. The van der Waals surface area contributed by atoms with Gasteiger partial charge in [0.2, 0.25) is 0 Å². The van der Waals surface area contributed by atoms with Crippen molar-refractivity contribution in [3.8, 4) is 45.1 Å². The molecule has 0 saturated carbocycles. The molecule has 8 nitrogen and oxygen atoms in total. The quantitative estimate of drug-likeness (QED) is 0.186. The average Bonchev–Trinajstić information content (AvgIpc) is 3.48. The Morgan fingerprint density at radius 3 is 2.37 bits per heavy atom. The lowest BCUT2D eigenvalue weighted by Gasteiger charge is -2.14. The maximum Gasteiger partial charge on any atom is 0.387 e. The molecule has 0 atom stereocenters. The zero-order chi connectivity index (χ0) is 31.2. The molecule has 43 heavy (non-hydrogen) atoms. The molecular formula is C29H22Cl2F3N3O5S. The number of halogens is 5. The van der Waals surface area contributed by atoms with Crippen molar-refractivity contribution in [3.63, 3.8) is 0 Å². The number of hydrogen-bond donors (Lipinski definition) is 1. The molecular weight excluding hydrogens is 630 g/mol. The minimum Gasteiger partial charge on any atom is -0.440 e. The predicted octanol–water partition coefficient (Wildman–Crippen LogP) is 7.42. The van der Waals surface area contributed by atoms with Gasteiger partial charge in [-0.1, -0.05) is 29.3 Å². The maximum absolute atomic E-state index is 15.0. The number of sulfone groups is 1. The van der Waals surface area contributed by atoms with Crippen LogP contribution in [0, 0.1) is 19.7 Å². The second kappa shape index (κ2) is 11.7. The highest BCUT2D eigenvalue weighted by atomic mass is 35.5. The van der Waals surface area contributed by atoms with Crippen LogP contribution in [0.25, 0.3) is 39.4 Å². The van der Waals surface area contributed by atoms with Crippen molar-refractivity contribution in [2.45, 2.75) is 32.0 Å². The molecule has 0 aliphatic rings. The first-order valence-corrected chi connectivity index (χ1v) is 15.1. The second-order valence-corrected chi connectivity index (χ2v) is 12.3. The van der Waals surface area contributed by atoms with E-state index in [9.17, 15) is 22.3 Å². The molecule has 0 saturated heterocycles. The molecule has 0 fully saturated rings. The molecule has 1 N–H and O–H groups in total. The van der Waals surface area contributed by atoms with Gasteiger partial charge in [0.1, 0.15) is 17.3 Å². The van der Waals surface area contributed by atoms with Crippen molar-refractivity contribution in [2.75, 3.05) is 6.26 Å². The van der Waals surface area contributed by atoms with Crippen molar-refractivity contribution in [1.29, 1.82) is 0 Å². The summed E-state index contributed by atoms with van der Waals surface area (Å²) in [6.45, 7) is -0.519. The molecule has 0 bridgehead atoms. The number of ether oxygens (including phenoxy) is 1. The van der Waals surface area contributed by atoms with E-state index in [0.717, 1.165) is 12.3 Å². The van der Waals surface area contributed by atoms with E-state index < -0.39 is 28.9 Å². The first-order chi connectivity index (χ1) is 20.3. The smallest absolute Gasteiger partial charge is 0.387 e. The molecule has 14 heteroatoms. The van der Waals surface area contributed by atoms with Gasteiger partial charge in [0.25, 0.3) is 0 Å². The third-order valence-corrected chi connectivity index (χ3v) is 8.37. The van der Waals surface area contributed by atoms with Gasteiger partial charge in [-0.05, 0) is 60.5 Å². The highest BCUT2D eigenvalue weighted by Crippen LogP contribution is 2.42. The van der Waals surface area contributed by atoms with Crippen LogP contribution in [0.15, 0.2) is 64.0 Å². The Morgan fingerprint density at radius 2 is 1.77 bits per heavy atom. The van der Waals surface area contributed by atoms with E-state index in [0.29, 0.717) is 33.1 Å². The van der Waals surface area contributed by atoms with Crippen LogP contribution in [0.4, 0.5) is 13.2 Å². The summed E-state index contributed by atoms with van der Waals surface area (Å²) in [5.74, 6) is -0.587. The Hall–Kier alpha value is -3.84. The molecule has 5 aromatic rings. The molecule has 0 radical (unpaired) electrons. The van der Waals surface area contributed by atoms with Gasteiger partial charge < -0.3 is 14.3 Å². The van der Waals surface area contributed by atoms with Gasteiger partial charge >= 0.3 is 6.61 Å². The summed E-state index contributed by atoms with van der Waals surface area (Å²) >= 11 is 12.8. The first-order valence-electron chi connectivity index (χ1n) is 12.5. The monoisotopic (exact) mass is 651 g/mol. The minimum atomic E-state index is -3.90. The molecule has 2 aromatic heterocycles. The van der Waals surface area contributed by atoms with E-state index in [2.05, 4.69) is 14.8 Å². The molecule has 0 unspecified atom stereocenters. The molecule has 0 aliphatic carbocycles. The van der Waals surface area contributed by atoms with E-state index in [1.807, 2.05) is 0 Å². The van der Waals surface area contributed by atoms with Crippen LogP contribution >= 0.6 is 23.2 Å². The number of aliphatic hydroxyl groups excluding tert-OH is 1. The third-order valence-electron chi connectivity index (χ3n) is 6.53. The Morgan fingerprint density at radius 1 is 1.02 bits per heavy atom. The number of alkyl halides is 2. The molecule has 0 amide bonds. The number of nitrogens with zero attached hydrogens (tertiary/aromatic N) is 3. The van der Waals surface area contributed by atoms with Crippen LogP contribution in [0.3, 0.4) is 0 Å². The second-order valence-electron chi connectivity index (χ2n) is 9.53. The van der Waals surface area contributed by atoms with Crippen LogP contribution < -0.4 is 4.74 Å². The van der Waals surface area contributed by atoms with Crippen molar-refractivity contribution in [2.24, 2.45) is 0 Å². The lowest BCUT2D eigenvalue weighted by Crippen LogP contribution is -2.06. The topological polar surface area (TPSA) is 107 Å². The van der Waals surface area contributed by atoms with Crippen LogP contribution in [0.2, 0.25) is 10.0 Å². The van der Waals surface area contributed by atoms with Gasteiger partial charge in [-0.25, -0.2) is 22.5 Å². The molecule has 0 aliphatic heterocycles. The van der Waals surface area contributed by atoms with Crippen LogP contribution in [-0.2, 0) is 16.4 Å². The number of rotatable bonds is 8. The standard InChI is InChI=1S/C29H22Cl2F3N3O5S/c1-14-23(31)12-37(36-14)25-7-4-16(17-9-24(32)21(13-38)26(10-17)43(3,39)40)8-20(25)28-27(35-15(2)41-28)19-6-5-18(11-22(19)30)42-29(33)34/h4-12,29,38H,13H2,1-3H3. The zero-order valence-corrected chi connectivity index (χ0v) is 25.0. The summed E-state index contributed by atoms with van der Waals surface area (Å²) in [5.41, 5.74) is 2.28. The van der Waals surface area contributed by atoms with E-state index in [4.69, 9.17) is 27.6 Å². The van der Waals surface area contributed by atoms with E-state index in [-0.39, 0.29) is 44.1 Å². The summed E-state index contributed by atoms with van der Waals surface area (Å²) in [5, 5.41) is 14.5. The van der Waals surface area contributed by atoms with Crippen LogP contribution in [0.5, 0.6) is 5.75 Å². The molecule has 3 aromatic carbocycles. The van der Waals surface area contributed by atoms with Crippen LogP contribution in [-0.4, -0.2) is 41.2 Å². The lowest BCUT2D eigenvalue weighted by atomic mass is 9.97. The Bertz CT molecular complexity index is 1960. The van der Waals surface area contributed by atoms with E-state index in [1.165, 1.54) is 28.9 Å². The zero-order valence-electron chi connectivity index (χ0n) is 22.7. The molecule has 224 valence electrons. The minimum absolute atomic E-state index is 0.0582. The van der Waals surface area contributed by atoms with E-state index >= 15 is 4.39 Å². The van der Waals surface area contributed by atoms with Gasteiger partial charge in [0.05, 0.1) is 32.9 Å². The highest BCUT2D eigenvalue weighted by molar-refractivity contribution is 7.90. The number of benzene rings is 3. The predicted molar refractivity (Wildman–Crippen MR) is 155 cm³/mol. The van der Waals surface area contributed by atoms with Gasteiger partial charge in [-0.3, -0.25) is 0 Å². The fourth-order valence-electron chi connectivity index (χ4n) is 4.58. The number of aromatic nitrogens is 3. The summed E-state index contributed by atoms with van der Waals surface area (Å²) in [7, 11) is -3.90. The molecule has 5 rings (SSSR count). The normalized spacial score (nSPS) is 11.9. The summed E-state index contributed by atoms with van der Waals surface area (Å²) in [6.07, 6.45) is 2.51. The Kier molecular flexibility index (Phi) is 8.32. The fourth-order valence-corrected chi connectivity index (χ4v) is 5.92. The average molecular weight is 652 g/mol. The van der Waals surface area contributed by atoms with Gasteiger partial charge in [-0.2, -0.15) is 13.9 Å². The number of aliphatic hydroxyl groups is 1.